The Bertz CT molecular complexity index is 1150. The van der Waals surface area contributed by atoms with Crippen LogP contribution < -0.4 is 29.8 Å². The molecule has 12 heteroatoms. The number of sulfonamides is 1. The zero-order valence-electron chi connectivity index (χ0n) is 19.3. The monoisotopic (exact) mass is 493 g/mol. The van der Waals surface area contributed by atoms with E-state index in [1.165, 1.54) is 63.1 Å². The van der Waals surface area contributed by atoms with Crippen LogP contribution in [0.2, 0.25) is 0 Å². The van der Waals surface area contributed by atoms with Gasteiger partial charge in [0, 0.05) is 24.2 Å². The molecule has 184 valence electrons. The molecule has 2 N–H and O–H groups in total. The molecular formula is C22H27N3O8S. The molecule has 2 amide bonds. The van der Waals surface area contributed by atoms with Crippen LogP contribution >= 0.6 is 0 Å². The molecule has 1 fully saturated rings. The predicted molar refractivity (Wildman–Crippen MR) is 122 cm³/mol. The molecule has 0 saturated carbocycles. The van der Waals surface area contributed by atoms with E-state index in [0.717, 1.165) is 12.8 Å². The number of amides is 2. The zero-order valence-corrected chi connectivity index (χ0v) is 20.2. The number of ether oxygens (including phenoxy) is 4. The average Bonchev–Trinajstić information content (AvgIpc) is 3.41. The van der Waals surface area contributed by atoms with Crippen LogP contribution in [0.1, 0.15) is 33.6 Å². The maximum absolute atomic E-state index is 13.0. The van der Waals surface area contributed by atoms with Gasteiger partial charge in [-0.2, -0.15) is 4.31 Å². The van der Waals surface area contributed by atoms with Gasteiger partial charge in [-0.25, -0.2) is 8.42 Å². The van der Waals surface area contributed by atoms with Crippen molar-refractivity contribution in [3.8, 4) is 23.0 Å². The van der Waals surface area contributed by atoms with Gasteiger partial charge in [-0.05, 0) is 43.2 Å². The second-order valence-electron chi connectivity index (χ2n) is 7.30. The molecule has 2 aromatic carbocycles. The van der Waals surface area contributed by atoms with Gasteiger partial charge in [0.1, 0.15) is 10.6 Å². The summed E-state index contributed by atoms with van der Waals surface area (Å²) >= 11 is 0. The van der Waals surface area contributed by atoms with Gasteiger partial charge in [0.2, 0.25) is 15.8 Å². The summed E-state index contributed by atoms with van der Waals surface area (Å²) in [5.41, 5.74) is 4.76. The standard InChI is InChI=1S/C22H27N3O8S/c1-30-16-8-7-14(13-19(16)34(28,29)25-9-5-6-10-25)21(26)23-24-22(27)15-11-17(31-2)20(33-4)18(12-15)32-3/h7-8,11-13H,5-6,9-10H2,1-4H3,(H,23,26)(H,24,27). The third-order valence-electron chi connectivity index (χ3n) is 5.33. The van der Waals surface area contributed by atoms with Gasteiger partial charge in [-0.15, -0.1) is 0 Å². The molecule has 0 radical (unpaired) electrons. The lowest BCUT2D eigenvalue weighted by molar-refractivity contribution is 0.0846. The fourth-order valence-electron chi connectivity index (χ4n) is 3.56. The van der Waals surface area contributed by atoms with Crippen molar-refractivity contribution in [2.24, 2.45) is 0 Å². The SMILES string of the molecule is COc1ccc(C(=O)NNC(=O)c2cc(OC)c(OC)c(OC)c2)cc1S(=O)(=O)N1CCCC1. The molecule has 1 saturated heterocycles. The number of carbonyl (C=O) groups is 2. The number of hydrazine groups is 1. The van der Waals surface area contributed by atoms with Gasteiger partial charge in [0.15, 0.2) is 11.5 Å². The highest BCUT2D eigenvalue weighted by atomic mass is 32.2. The molecular weight excluding hydrogens is 466 g/mol. The number of benzene rings is 2. The van der Waals surface area contributed by atoms with Crippen LogP contribution in [-0.2, 0) is 10.0 Å². The normalized spacial score (nSPS) is 13.8. The molecule has 3 rings (SSSR count). The maximum Gasteiger partial charge on any atom is 0.269 e. The van der Waals surface area contributed by atoms with Crippen LogP contribution in [0, 0.1) is 0 Å². The summed E-state index contributed by atoms with van der Waals surface area (Å²) in [6, 6.07) is 6.89. The van der Waals surface area contributed by atoms with Crippen LogP contribution in [-0.4, -0.2) is 66.1 Å². The Balaban J connectivity index is 1.79. The second kappa shape index (κ2) is 10.6. The van der Waals surface area contributed by atoms with Gasteiger partial charge in [0.25, 0.3) is 11.8 Å². The number of hydrogen-bond acceptors (Lipinski definition) is 8. The van der Waals surface area contributed by atoms with Gasteiger partial charge in [0.05, 0.1) is 28.4 Å². The Kier molecular flexibility index (Phi) is 7.84. The topological polar surface area (TPSA) is 133 Å². The minimum absolute atomic E-state index is 0.0313. The summed E-state index contributed by atoms with van der Waals surface area (Å²) in [5, 5.41) is 0. The minimum atomic E-state index is -3.83. The van der Waals surface area contributed by atoms with Crippen molar-refractivity contribution in [2.75, 3.05) is 41.5 Å². The molecule has 0 unspecified atom stereocenters. The Labute approximate surface area is 197 Å². The van der Waals surface area contributed by atoms with Gasteiger partial charge >= 0.3 is 0 Å². The lowest BCUT2D eigenvalue weighted by Crippen LogP contribution is -2.41. The first-order chi connectivity index (χ1) is 16.3. The summed E-state index contributed by atoms with van der Waals surface area (Å²) in [6.45, 7) is 0.819. The van der Waals surface area contributed by atoms with Crippen molar-refractivity contribution in [1.82, 2.24) is 15.2 Å². The van der Waals surface area contributed by atoms with Gasteiger partial charge in [-0.3, -0.25) is 20.4 Å². The van der Waals surface area contributed by atoms with Crippen molar-refractivity contribution < 1.29 is 37.0 Å². The van der Waals surface area contributed by atoms with Crippen molar-refractivity contribution in [3.05, 3.63) is 41.5 Å². The summed E-state index contributed by atoms with van der Waals surface area (Å²) in [7, 11) is 1.79. The van der Waals surface area contributed by atoms with Gasteiger partial charge < -0.3 is 18.9 Å². The highest BCUT2D eigenvalue weighted by molar-refractivity contribution is 7.89. The highest BCUT2D eigenvalue weighted by Crippen LogP contribution is 2.38. The Hall–Kier alpha value is -3.51. The molecule has 0 atom stereocenters. The molecule has 1 heterocycles. The van der Waals surface area contributed by atoms with E-state index in [1.54, 1.807) is 0 Å². The Morgan fingerprint density at radius 2 is 1.29 bits per heavy atom. The highest BCUT2D eigenvalue weighted by Gasteiger charge is 2.30. The zero-order chi connectivity index (χ0) is 24.9. The van der Waals surface area contributed by atoms with Crippen LogP contribution in [0.15, 0.2) is 35.2 Å². The molecule has 1 aliphatic rings. The van der Waals surface area contributed by atoms with Crippen molar-refractivity contribution in [2.45, 2.75) is 17.7 Å². The third-order valence-corrected chi connectivity index (χ3v) is 7.24. The first-order valence-electron chi connectivity index (χ1n) is 10.4. The van der Waals surface area contributed by atoms with E-state index in [0.29, 0.717) is 18.8 Å². The van der Waals surface area contributed by atoms with Crippen LogP contribution in [0.25, 0.3) is 0 Å². The molecule has 0 spiro atoms. The third kappa shape index (κ3) is 5.02. The molecule has 34 heavy (non-hydrogen) atoms. The van der Waals surface area contributed by atoms with Crippen molar-refractivity contribution in [1.29, 1.82) is 0 Å². The maximum atomic E-state index is 13.0. The number of nitrogens with zero attached hydrogens (tertiary/aromatic N) is 1. The van der Waals surface area contributed by atoms with E-state index in [4.69, 9.17) is 18.9 Å². The minimum Gasteiger partial charge on any atom is -0.495 e. The number of methoxy groups -OCH3 is 4. The number of nitrogens with one attached hydrogen (secondary N) is 2. The fraction of sp³-hybridized carbons (Fsp3) is 0.364. The summed E-state index contributed by atoms with van der Waals surface area (Å²) in [6.07, 6.45) is 1.55. The summed E-state index contributed by atoms with van der Waals surface area (Å²) < 4.78 is 48.3. The first kappa shape index (κ1) is 25.1. The predicted octanol–water partition coefficient (Wildman–Crippen LogP) is 1.58. The first-order valence-corrected chi connectivity index (χ1v) is 11.8. The van der Waals surface area contributed by atoms with E-state index in [1.807, 2.05) is 0 Å². The van der Waals surface area contributed by atoms with Gasteiger partial charge in [-0.1, -0.05) is 0 Å². The number of rotatable bonds is 8. The number of carbonyl (C=O) groups excluding carboxylic acids is 2. The quantitative estimate of drug-likeness (QED) is 0.530. The van der Waals surface area contributed by atoms with Crippen LogP contribution in [0.4, 0.5) is 0 Å². The van der Waals surface area contributed by atoms with E-state index < -0.39 is 21.8 Å². The fourth-order valence-corrected chi connectivity index (χ4v) is 5.26. The number of hydrogen-bond donors (Lipinski definition) is 2. The van der Waals surface area contributed by atoms with Crippen molar-refractivity contribution in [3.63, 3.8) is 0 Å². The van der Waals surface area contributed by atoms with E-state index in [-0.39, 0.29) is 33.3 Å². The molecule has 1 aliphatic heterocycles. The van der Waals surface area contributed by atoms with E-state index in [9.17, 15) is 18.0 Å². The summed E-state index contributed by atoms with van der Waals surface area (Å²) in [5.74, 6) is -0.372. The molecule has 2 aromatic rings. The smallest absolute Gasteiger partial charge is 0.269 e. The molecule has 0 bridgehead atoms. The largest absolute Gasteiger partial charge is 0.495 e. The molecule has 0 aromatic heterocycles. The second-order valence-corrected chi connectivity index (χ2v) is 9.21. The van der Waals surface area contributed by atoms with Crippen LogP contribution in [0.5, 0.6) is 23.0 Å². The van der Waals surface area contributed by atoms with E-state index >= 15 is 0 Å². The molecule has 11 nitrogen and oxygen atoms in total. The lowest BCUT2D eigenvalue weighted by Gasteiger charge is -2.18. The van der Waals surface area contributed by atoms with Crippen LogP contribution in [0.3, 0.4) is 0 Å². The lowest BCUT2D eigenvalue weighted by atomic mass is 10.1. The van der Waals surface area contributed by atoms with E-state index in [2.05, 4.69) is 10.9 Å². The van der Waals surface area contributed by atoms with Crippen molar-refractivity contribution >= 4 is 21.8 Å². The Morgan fingerprint density at radius 3 is 1.79 bits per heavy atom. The molecule has 0 aliphatic carbocycles. The Morgan fingerprint density at radius 1 is 0.765 bits per heavy atom. The summed E-state index contributed by atoms with van der Waals surface area (Å²) in [4.78, 5) is 25.2. The average molecular weight is 494 g/mol.